The zero-order valence-electron chi connectivity index (χ0n) is 10.5. The molecule has 0 bridgehead atoms. The molecule has 0 saturated carbocycles. The molecule has 0 aromatic carbocycles. The number of nitrogens with one attached hydrogen (secondary N) is 1. The van der Waals surface area contributed by atoms with Crippen LogP contribution in [0.5, 0.6) is 0 Å². The Kier molecular flexibility index (Phi) is 4.19. The fourth-order valence-corrected chi connectivity index (χ4v) is 1.44. The molecule has 3 N–H and O–H groups in total. The predicted molar refractivity (Wildman–Crippen MR) is 63.7 cm³/mol. The first-order chi connectivity index (χ1) is 7.93. The summed E-state index contributed by atoms with van der Waals surface area (Å²) in [4.78, 5) is 11.0. The van der Waals surface area contributed by atoms with Gasteiger partial charge in [-0.05, 0) is 27.7 Å². The molecule has 0 aliphatic carbocycles. The van der Waals surface area contributed by atoms with Gasteiger partial charge in [-0.2, -0.15) is 5.10 Å². The van der Waals surface area contributed by atoms with Crippen molar-refractivity contribution in [2.75, 3.05) is 0 Å². The summed E-state index contributed by atoms with van der Waals surface area (Å²) < 4.78 is 0. The summed E-state index contributed by atoms with van der Waals surface area (Å²) in [6.07, 6.45) is 1.34. The fourth-order valence-electron chi connectivity index (χ4n) is 1.44. The van der Waals surface area contributed by atoms with Gasteiger partial charge in [-0.25, -0.2) is 0 Å². The van der Waals surface area contributed by atoms with Crippen LogP contribution in [0.25, 0.3) is 0 Å². The molecule has 0 fully saturated rings. The number of hydrogen-bond donors (Lipinski definition) is 2. The van der Waals surface area contributed by atoms with Crippen LogP contribution in [0.3, 0.4) is 0 Å². The van der Waals surface area contributed by atoms with Crippen LogP contribution >= 0.6 is 0 Å². The topological polar surface area (TPSA) is 99.7 Å². The third kappa shape index (κ3) is 3.27. The summed E-state index contributed by atoms with van der Waals surface area (Å²) >= 11 is 0. The maximum absolute atomic E-state index is 11.0. The molecule has 1 rings (SSSR count). The van der Waals surface area contributed by atoms with Crippen molar-refractivity contribution in [1.29, 1.82) is 0 Å². The first kappa shape index (κ1) is 13.1. The summed E-state index contributed by atoms with van der Waals surface area (Å²) in [7, 11) is 0. The maximum atomic E-state index is 11.0. The highest BCUT2D eigenvalue weighted by Crippen LogP contribution is 2.16. The van der Waals surface area contributed by atoms with Crippen LogP contribution in [-0.2, 0) is 0 Å². The number of carbonyl (C=O) groups excluding carboxylic acids is 1. The molecule has 0 saturated heterocycles. The first-order valence-corrected chi connectivity index (χ1v) is 5.46. The Morgan fingerprint density at radius 3 is 2.47 bits per heavy atom. The van der Waals surface area contributed by atoms with Crippen molar-refractivity contribution in [1.82, 2.24) is 15.2 Å². The number of amides is 1. The largest absolute Gasteiger partial charge is 0.365 e. The van der Waals surface area contributed by atoms with Gasteiger partial charge in [0.25, 0.3) is 5.91 Å². The Hall–Kier alpha value is -1.92. The molecule has 1 aromatic rings. The number of aromatic nitrogens is 2. The Balaban J connectivity index is 2.88. The molecule has 1 amide bonds. The van der Waals surface area contributed by atoms with Crippen molar-refractivity contribution in [3.63, 3.8) is 0 Å². The number of nitrogens with two attached hydrogens (primary N) is 1. The number of H-pyrrole nitrogens is 1. The van der Waals surface area contributed by atoms with Crippen molar-refractivity contribution < 1.29 is 4.79 Å². The Morgan fingerprint density at radius 2 is 2.00 bits per heavy atom. The van der Waals surface area contributed by atoms with E-state index in [1.807, 2.05) is 32.7 Å². The van der Waals surface area contributed by atoms with Crippen LogP contribution in [0.15, 0.2) is 16.5 Å². The van der Waals surface area contributed by atoms with Crippen molar-refractivity contribution in [3.8, 4) is 0 Å². The monoisotopic (exact) mass is 238 g/mol. The van der Waals surface area contributed by atoms with E-state index < -0.39 is 5.91 Å². The van der Waals surface area contributed by atoms with E-state index in [4.69, 9.17) is 5.73 Å². The number of aromatic amines is 1. The smallest absolute Gasteiger partial charge is 0.254 e. The molecule has 1 aromatic heterocycles. The van der Waals surface area contributed by atoms with E-state index in [9.17, 15) is 4.79 Å². The second-order valence-electron chi connectivity index (χ2n) is 4.25. The van der Waals surface area contributed by atoms with Crippen molar-refractivity contribution in [3.05, 3.63) is 11.8 Å². The number of nitrogens with zero attached hydrogens (tertiary/aromatic N) is 4. The van der Waals surface area contributed by atoms with Crippen LogP contribution in [0, 0.1) is 0 Å². The van der Waals surface area contributed by atoms with Crippen molar-refractivity contribution >= 4 is 11.7 Å². The van der Waals surface area contributed by atoms with Gasteiger partial charge in [0.2, 0.25) is 0 Å². The molecular weight excluding hydrogens is 220 g/mol. The van der Waals surface area contributed by atoms with Crippen LogP contribution in [0.2, 0.25) is 0 Å². The van der Waals surface area contributed by atoms with Gasteiger partial charge in [-0.1, -0.05) is 5.22 Å². The highest BCUT2D eigenvalue weighted by Gasteiger charge is 2.13. The molecule has 94 valence electrons. The zero-order valence-corrected chi connectivity index (χ0v) is 10.5. The van der Waals surface area contributed by atoms with E-state index in [1.165, 1.54) is 6.20 Å². The summed E-state index contributed by atoms with van der Waals surface area (Å²) in [6.45, 7) is 8.06. The molecule has 0 atom stereocenters. The van der Waals surface area contributed by atoms with E-state index in [1.54, 1.807) is 0 Å². The quantitative estimate of drug-likeness (QED) is 0.602. The van der Waals surface area contributed by atoms with Gasteiger partial charge in [0.1, 0.15) is 5.56 Å². The van der Waals surface area contributed by atoms with Gasteiger partial charge < -0.3 is 5.73 Å². The third-order valence-corrected chi connectivity index (χ3v) is 2.19. The van der Waals surface area contributed by atoms with Gasteiger partial charge in [-0.3, -0.25) is 14.9 Å². The molecule has 0 spiro atoms. The minimum atomic E-state index is -0.576. The average Bonchev–Trinajstić information content (AvgIpc) is 2.64. The van der Waals surface area contributed by atoms with E-state index >= 15 is 0 Å². The molecule has 0 unspecified atom stereocenters. The zero-order chi connectivity index (χ0) is 13.0. The maximum Gasteiger partial charge on any atom is 0.254 e. The summed E-state index contributed by atoms with van der Waals surface area (Å²) in [6, 6.07) is 0.442. The highest BCUT2D eigenvalue weighted by molar-refractivity contribution is 5.96. The second kappa shape index (κ2) is 5.42. The van der Waals surface area contributed by atoms with Crippen LogP contribution in [-0.4, -0.2) is 33.2 Å². The van der Waals surface area contributed by atoms with Gasteiger partial charge in [0.15, 0.2) is 5.82 Å². The molecule has 0 aliphatic heterocycles. The Labute approximate surface area is 100 Å². The fraction of sp³-hybridized carbons (Fsp3) is 0.600. The lowest BCUT2D eigenvalue weighted by Gasteiger charge is -2.25. The average molecular weight is 238 g/mol. The van der Waals surface area contributed by atoms with E-state index in [0.717, 1.165) is 0 Å². The first-order valence-electron chi connectivity index (χ1n) is 5.46. The molecule has 0 aliphatic rings. The summed E-state index contributed by atoms with van der Waals surface area (Å²) in [5, 5.41) is 16.2. The van der Waals surface area contributed by atoms with Gasteiger partial charge in [-0.15, -0.1) is 5.11 Å². The van der Waals surface area contributed by atoms with Crippen molar-refractivity contribution in [2.24, 2.45) is 16.1 Å². The van der Waals surface area contributed by atoms with Crippen LogP contribution in [0.4, 0.5) is 5.82 Å². The number of rotatable bonds is 5. The lowest BCUT2D eigenvalue weighted by atomic mass is 10.3. The molecule has 7 nitrogen and oxygen atoms in total. The predicted octanol–water partition coefficient (Wildman–Crippen LogP) is 1.63. The van der Waals surface area contributed by atoms with E-state index in [2.05, 4.69) is 20.5 Å². The lowest BCUT2D eigenvalue weighted by Crippen LogP contribution is -2.31. The Morgan fingerprint density at radius 1 is 1.41 bits per heavy atom. The van der Waals surface area contributed by atoms with Gasteiger partial charge >= 0.3 is 0 Å². The molecule has 17 heavy (non-hydrogen) atoms. The van der Waals surface area contributed by atoms with Gasteiger partial charge in [0.05, 0.1) is 6.20 Å². The molecule has 1 heterocycles. The third-order valence-electron chi connectivity index (χ3n) is 2.19. The van der Waals surface area contributed by atoms with E-state index in [0.29, 0.717) is 0 Å². The van der Waals surface area contributed by atoms with Gasteiger partial charge in [0, 0.05) is 12.1 Å². The highest BCUT2D eigenvalue weighted by atomic mass is 16.1. The van der Waals surface area contributed by atoms with Crippen LogP contribution < -0.4 is 5.73 Å². The molecule has 7 heteroatoms. The summed E-state index contributed by atoms with van der Waals surface area (Å²) in [5.74, 6) is -0.294. The number of carbonyl (C=O) groups is 1. The van der Waals surface area contributed by atoms with E-state index in [-0.39, 0.29) is 23.5 Å². The molecular formula is C10H18N6O. The summed E-state index contributed by atoms with van der Waals surface area (Å²) in [5.41, 5.74) is 5.41. The molecule has 0 radical (unpaired) electrons. The minimum absolute atomic E-state index is 0.221. The lowest BCUT2D eigenvalue weighted by molar-refractivity contribution is 0.100. The SMILES string of the molecule is CC(C)N(N=Nc1[nH]ncc1C(N)=O)C(C)C. The Bertz CT molecular complexity index is 401. The standard InChI is InChI=1S/C10H18N6O/c1-6(2)16(7(3)4)15-14-10-8(9(11)17)5-12-13-10/h5-7H,1-4H3,(H2,11,17)(H,12,13). The van der Waals surface area contributed by atoms with Crippen molar-refractivity contribution in [2.45, 2.75) is 39.8 Å². The second-order valence-corrected chi connectivity index (χ2v) is 4.25. The number of hydrogen-bond acceptors (Lipinski definition) is 4. The normalized spacial score (nSPS) is 11.6. The van der Waals surface area contributed by atoms with Crippen LogP contribution in [0.1, 0.15) is 38.1 Å². The minimum Gasteiger partial charge on any atom is -0.365 e. The number of primary amides is 1.